The van der Waals surface area contributed by atoms with E-state index in [1.165, 1.54) is 14.0 Å². The molecule has 0 saturated carbocycles. The second kappa shape index (κ2) is 5.84. The lowest BCUT2D eigenvalue weighted by molar-refractivity contribution is -0.142. The summed E-state index contributed by atoms with van der Waals surface area (Å²) in [7, 11) is 1.38. The second-order valence-electron chi connectivity index (χ2n) is 4.12. The molecule has 2 rings (SSSR count). The Morgan fingerprint density at radius 2 is 2.11 bits per heavy atom. The van der Waals surface area contributed by atoms with Gasteiger partial charge in [-0.2, -0.15) is 0 Å². The molecule has 5 heteroatoms. The number of carbonyl (C=O) groups is 2. The number of hydrogen-bond acceptors (Lipinski definition) is 5. The number of fused-ring (bicyclic) bond motifs is 1. The summed E-state index contributed by atoms with van der Waals surface area (Å²) in [6.07, 6.45) is 0.257. The summed E-state index contributed by atoms with van der Waals surface area (Å²) in [4.78, 5) is 22.1. The third-order valence-electron chi connectivity index (χ3n) is 2.72. The van der Waals surface area contributed by atoms with E-state index in [1.54, 1.807) is 11.3 Å². The van der Waals surface area contributed by atoms with Gasteiger partial charge in [-0.05, 0) is 34.0 Å². The molecule has 100 valence electrons. The Morgan fingerprint density at radius 1 is 1.32 bits per heavy atom. The molecule has 1 aromatic carbocycles. The molecule has 0 spiro atoms. The van der Waals surface area contributed by atoms with Crippen LogP contribution in [0.5, 0.6) is 0 Å². The van der Waals surface area contributed by atoms with E-state index >= 15 is 0 Å². The maximum atomic E-state index is 11.3. The summed E-state index contributed by atoms with van der Waals surface area (Å²) in [6.45, 7) is 1.63. The van der Waals surface area contributed by atoms with Crippen LogP contribution in [-0.4, -0.2) is 19.0 Å². The van der Waals surface area contributed by atoms with Crippen LogP contribution in [0, 0.1) is 0 Å². The molecule has 4 nitrogen and oxygen atoms in total. The average molecular weight is 278 g/mol. The van der Waals surface area contributed by atoms with Gasteiger partial charge in [0.2, 0.25) is 0 Å². The van der Waals surface area contributed by atoms with Crippen LogP contribution >= 0.6 is 11.3 Å². The number of esters is 2. The van der Waals surface area contributed by atoms with Gasteiger partial charge in [0, 0.05) is 11.6 Å². The van der Waals surface area contributed by atoms with E-state index < -0.39 is 0 Å². The highest BCUT2D eigenvalue weighted by atomic mass is 32.1. The second-order valence-corrected chi connectivity index (χ2v) is 5.04. The molecule has 0 saturated heterocycles. The molecule has 0 aliphatic heterocycles. The van der Waals surface area contributed by atoms with Crippen LogP contribution in [0.1, 0.15) is 18.1 Å². The highest BCUT2D eigenvalue weighted by Gasteiger charge is 2.10. The van der Waals surface area contributed by atoms with Crippen LogP contribution < -0.4 is 0 Å². The molecule has 0 unspecified atom stereocenters. The van der Waals surface area contributed by atoms with Gasteiger partial charge in [0.25, 0.3) is 0 Å². The fourth-order valence-corrected chi connectivity index (χ4v) is 2.71. The van der Waals surface area contributed by atoms with Crippen molar-refractivity contribution >= 4 is 33.4 Å². The van der Waals surface area contributed by atoms with Crippen molar-refractivity contribution in [2.45, 2.75) is 20.0 Å². The molecule has 0 radical (unpaired) electrons. The number of hydrogen-bond donors (Lipinski definition) is 0. The number of carbonyl (C=O) groups excluding carboxylic acids is 2. The standard InChI is InChI=1S/C14H14O4S/c1-9(15)18-7-10-3-4-13-12(5-10)11(8-19-13)6-14(16)17-2/h3-5,8H,6-7H2,1-2H3. The van der Waals surface area contributed by atoms with E-state index in [0.717, 1.165) is 21.2 Å². The Bertz CT molecular complexity index is 615. The van der Waals surface area contributed by atoms with Crippen molar-refractivity contribution in [3.05, 3.63) is 34.7 Å². The Kier molecular flexibility index (Phi) is 4.16. The first-order valence-electron chi connectivity index (χ1n) is 5.79. The van der Waals surface area contributed by atoms with Gasteiger partial charge in [0.15, 0.2) is 0 Å². The van der Waals surface area contributed by atoms with E-state index in [4.69, 9.17) is 4.74 Å². The lowest BCUT2D eigenvalue weighted by Crippen LogP contribution is -2.03. The predicted octanol–water partition coefficient (Wildman–Crippen LogP) is 2.68. The summed E-state index contributed by atoms with van der Waals surface area (Å²) >= 11 is 1.58. The van der Waals surface area contributed by atoms with E-state index in [9.17, 15) is 9.59 Å². The maximum absolute atomic E-state index is 11.3. The smallest absolute Gasteiger partial charge is 0.310 e. The van der Waals surface area contributed by atoms with Crippen molar-refractivity contribution in [1.82, 2.24) is 0 Å². The van der Waals surface area contributed by atoms with E-state index in [-0.39, 0.29) is 25.0 Å². The molecule has 2 aromatic rings. The number of benzene rings is 1. The Hall–Kier alpha value is -1.88. The van der Waals surface area contributed by atoms with Crippen LogP contribution in [0.15, 0.2) is 23.6 Å². The third kappa shape index (κ3) is 3.32. The van der Waals surface area contributed by atoms with Crippen molar-refractivity contribution in [2.75, 3.05) is 7.11 Å². The minimum atomic E-state index is -0.305. The first-order chi connectivity index (χ1) is 9.10. The molecule has 0 amide bonds. The lowest BCUT2D eigenvalue weighted by atomic mass is 10.1. The van der Waals surface area contributed by atoms with E-state index in [1.807, 2.05) is 23.6 Å². The van der Waals surface area contributed by atoms with Crippen molar-refractivity contribution in [2.24, 2.45) is 0 Å². The molecular formula is C14H14O4S. The van der Waals surface area contributed by atoms with Gasteiger partial charge in [0.1, 0.15) is 6.61 Å². The molecule has 0 fully saturated rings. The molecule has 0 atom stereocenters. The average Bonchev–Trinajstić information content (AvgIpc) is 2.79. The summed E-state index contributed by atoms with van der Waals surface area (Å²) in [6, 6.07) is 5.84. The molecule has 1 aromatic heterocycles. The van der Waals surface area contributed by atoms with Gasteiger partial charge in [-0.25, -0.2) is 0 Å². The quantitative estimate of drug-likeness (QED) is 0.807. The zero-order valence-corrected chi connectivity index (χ0v) is 11.6. The lowest BCUT2D eigenvalue weighted by Gasteiger charge is -2.03. The summed E-state index contributed by atoms with van der Waals surface area (Å²) in [5, 5.41) is 2.97. The highest BCUT2D eigenvalue weighted by molar-refractivity contribution is 7.17. The van der Waals surface area contributed by atoms with Crippen molar-refractivity contribution in [3.63, 3.8) is 0 Å². The minimum Gasteiger partial charge on any atom is -0.469 e. The fraction of sp³-hybridized carbons (Fsp3) is 0.286. The topological polar surface area (TPSA) is 52.6 Å². The summed E-state index contributed by atoms with van der Waals surface area (Å²) in [5.41, 5.74) is 1.85. The van der Waals surface area contributed by atoms with Gasteiger partial charge in [-0.15, -0.1) is 11.3 Å². The Balaban J connectivity index is 2.26. The van der Waals surface area contributed by atoms with Crippen LogP contribution in [0.2, 0.25) is 0 Å². The summed E-state index contributed by atoms with van der Waals surface area (Å²) in [5.74, 6) is -0.565. The number of rotatable bonds is 4. The fourth-order valence-electron chi connectivity index (χ4n) is 1.77. The molecule has 19 heavy (non-hydrogen) atoms. The van der Waals surface area contributed by atoms with E-state index in [2.05, 4.69) is 4.74 Å². The largest absolute Gasteiger partial charge is 0.469 e. The number of thiophene rings is 1. The minimum absolute atomic E-state index is 0.249. The zero-order chi connectivity index (χ0) is 13.8. The van der Waals surface area contributed by atoms with Crippen LogP contribution in [0.3, 0.4) is 0 Å². The van der Waals surface area contributed by atoms with Crippen LogP contribution in [-0.2, 0) is 32.1 Å². The predicted molar refractivity (Wildman–Crippen MR) is 73.0 cm³/mol. The van der Waals surface area contributed by atoms with Crippen molar-refractivity contribution in [1.29, 1.82) is 0 Å². The molecule has 0 aliphatic rings. The first-order valence-corrected chi connectivity index (χ1v) is 6.67. The normalized spacial score (nSPS) is 10.4. The number of ether oxygens (including phenoxy) is 2. The number of methoxy groups -OCH3 is 1. The van der Waals surface area contributed by atoms with Crippen LogP contribution in [0.4, 0.5) is 0 Å². The Labute approximate surface area is 114 Å². The van der Waals surface area contributed by atoms with Gasteiger partial charge < -0.3 is 9.47 Å². The van der Waals surface area contributed by atoms with Gasteiger partial charge in [-0.3, -0.25) is 9.59 Å². The van der Waals surface area contributed by atoms with Gasteiger partial charge >= 0.3 is 11.9 Å². The molecule has 0 N–H and O–H groups in total. The van der Waals surface area contributed by atoms with Gasteiger partial charge in [-0.1, -0.05) is 6.07 Å². The molecular weight excluding hydrogens is 264 g/mol. The third-order valence-corrected chi connectivity index (χ3v) is 3.73. The maximum Gasteiger partial charge on any atom is 0.310 e. The molecule has 1 heterocycles. The molecule has 0 bridgehead atoms. The highest BCUT2D eigenvalue weighted by Crippen LogP contribution is 2.27. The van der Waals surface area contributed by atoms with E-state index in [0.29, 0.717) is 0 Å². The SMILES string of the molecule is COC(=O)Cc1csc2ccc(COC(C)=O)cc12. The van der Waals surface area contributed by atoms with Crippen molar-refractivity contribution < 1.29 is 19.1 Å². The zero-order valence-electron chi connectivity index (χ0n) is 10.8. The summed E-state index contributed by atoms with van der Waals surface area (Å²) < 4.78 is 10.7. The van der Waals surface area contributed by atoms with Crippen molar-refractivity contribution in [3.8, 4) is 0 Å². The monoisotopic (exact) mass is 278 g/mol. The first kappa shape index (κ1) is 13.5. The molecule has 0 aliphatic carbocycles. The van der Waals surface area contributed by atoms with Gasteiger partial charge in [0.05, 0.1) is 13.5 Å². The van der Waals surface area contributed by atoms with Crippen LogP contribution in [0.25, 0.3) is 10.1 Å². The Morgan fingerprint density at radius 3 is 2.79 bits per heavy atom.